The number of hydrogen-bond donors (Lipinski definition) is 1. The van der Waals surface area contributed by atoms with Gasteiger partial charge in [0.2, 0.25) is 5.28 Å². The van der Waals surface area contributed by atoms with E-state index in [0.717, 1.165) is 0 Å². The second-order valence-electron chi connectivity index (χ2n) is 3.87. The first-order valence-corrected chi connectivity index (χ1v) is 7.54. The predicted octanol–water partition coefficient (Wildman–Crippen LogP) is 1.02. The highest BCUT2D eigenvalue weighted by Crippen LogP contribution is 2.21. The van der Waals surface area contributed by atoms with Crippen LogP contribution in [0.25, 0.3) is 0 Å². The van der Waals surface area contributed by atoms with Gasteiger partial charge in [-0.15, -0.1) is 10.2 Å². The molecule has 1 saturated heterocycles. The third-order valence-electron chi connectivity index (χ3n) is 2.50. The van der Waals surface area contributed by atoms with Crippen molar-refractivity contribution in [3.8, 4) is 0 Å². The van der Waals surface area contributed by atoms with Crippen molar-refractivity contribution in [2.24, 2.45) is 5.92 Å². The SMILES string of the molecule is O=S1(=O)CCC(CNc2nc(Cl)nnc2Cl)C1. The standard InChI is InChI=1S/C8H10Cl2N4O2S/c9-6-7(12-8(10)14-13-6)11-3-5-1-2-17(15,16)4-5/h5H,1-4H2,(H,11,12,14). The molecule has 2 rings (SSSR count). The maximum Gasteiger partial charge on any atom is 0.245 e. The van der Waals surface area contributed by atoms with Crippen LogP contribution >= 0.6 is 23.2 Å². The average molecular weight is 297 g/mol. The van der Waals surface area contributed by atoms with E-state index in [1.807, 2.05) is 0 Å². The number of halogens is 2. The van der Waals surface area contributed by atoms with Crippen LogP contribution in [0.1, 0.15) is 6.42 Å². The van der Waals surface area contributed by atoms with E-state index in [0.29, 0.717) is 18.8 Å². The van der Waals surface area contributed by atoms with E-state index in [2.05, 4.69) is 20.5 Å². The Morgan fingerprint density at radius 3 is 2.76 bits per heavy atom. The van der Waals surface area contributed by atoms with Crippen molar-refractivity contribution in [3.05, 3.63) is 10.4 Å². The fourth-order valence-corrected chi connectivity index (χ4v) is 3.81. The molecule has 1 fully saturated rings. The van der Waals surface area contributed by atoms with Crippen molar-refractivity contribution >= 4 is 38.9 Å². The summed E-state index contributed by atoms with van der Waals surface area (Å²) in [7, 11) is -2.87. The molecule has 1 N–H and O–H groups in total. The van der Waals surface area contributed by atoms with Gasteiger partial charge in [0.15, 0.2) is 20.8 Å². The van der Waals surface area contributed by atoms with E-state index in [1.54, 1.807) is 0 Å². The van der Waals surface area contributed by atoms with E-state index in [-0.39, 0.29) is 27.9 Å². The Bertz CT molecular complexity index is 522. The lowest BCUT2D eigenvalue weighted by atomic mass is 10.1. The van der Waals surface area contributed by atoms with Gasteiger partial charge in [-0.2, -0.15) is 4.98 Å². The fourth-order valence-electron chi connectivity index (χ4n) is 1.68. The molecular weight excluding hydrogens is 287 g/mol. The minimum atomic E-state index is -2.87. The summed E-state index contributed by atoms with van der Waals surface area (Å²) in [6.45, 7) is 0.480. The molecule has 0 aliphatic carbocycles. The first kappa shape index (κ1) is 12.8. The summed E-state index contributed by atoms with van der Waals surface area (Å²) >= 11 is 11.3. The summed E-state index contributed by atoms with van der Waals surface area (Å²) in [5.41, 5.74) is 0. The van der Waals surface area contributed by atoms with Gasteiger partial charge in [-0.3, -0.25) is 0 Å². The molecule has 0 aromatic carbocycles. The van der Waals surface area contributed by atoms with E-state index < -0.39 is 9.84 Å². The topological polar surface area (TPSA) is 84.8 Å². The van der Waals surface area contributed by atoms with Gasteiger partial charge in [0.1, 0.15) is 0 Å². The van der Waals surface area contributed by atoms with Crippen molar-refractivity contribution in [1.29, 1.82) is 0 Å². The molecule has 2 heterocycles. The number of aromatic nitrogens is 3. The lowest BCUT2D eigenvalue weighted by Gasteiger charge is -2.10. The number of nitrogens with one attached hydrogen (secondary N) is 1. The van der Waals surface area contributed by atoms with Crippen LogP contribution < -0.4 is 5.32 Å². The molecule has 0 spiro atoms. The summed E-state index contributed by atoms with van der Waals surface area (Å²) in [6, 6.07) is 0. The van der Waals surface area contributed by atoms with Gasteiger partial charge in [-0.25, -0.2) is 8.42 Å². The Labute approximate surface area is 109 Å². The van der Waals surface area contributed by atoms with Crippen LogP contribution in [0.15, 0.2) is 0 Å². The van der Waals surface area contributed by atoms with Crippen LogP contribution in [0, 0.1) is 5.92 Å². The molecule has 1 aliphatic rings. The zero-order valence-corrected chi connectivity index (χ0v) is 11.1. The molecule has 1 aliphatic heterocycles. The Hall–Kier alpha value is -0.660. The van der Waals surface area contributed by atoms with Crippen molar-refractivity contribution in [1.82, 2.24) is 15.2 Å². The van der Waals surface area contributed by atoms with Crippen molar-refractivity contribution in [2.75, 3.05) is 23.4 Å². The third kappa shape index (κ3) is 3.40. The molecule has 1 atom stereocenters. The highest BCUT2D eigenvalue weighted by atomic mass is 35.5. The van der Waals surface area contributed by atoms with Gasteiger partial charge in [0, 0.05) is 6.54 Å². The maximum atomic E-state index is 11.3. The van der Waals surface area contributed by atoms with Gasteiger partial charge in [-0.05, 0) is 23.9 Å². The highest BCUT2D eigenvalue weighted by Gasteiger charge is 2.27. The Balaban J connectivity index is 1.97. The summed E-state index contributed by atoms with van der Waals surface area (Å²) in [5.74, 6) is 0.848. The number of rotatable bonds is 3. The van der Waals surface area contributed by atoms with Gasteiger partial charge < -0.3 is 5.32 Å². The molecule has 1 aromatic rings. The van der Waals surface area contributed by atoms with Gasteiger partial charge >= 0.3 is 0 Å². The number of anilines is 1. The molecule has 94 valence electrons. The Kier molecular flexibility index (Phi) is 3.70. The summed E-state index contributed by atoms with van der Waals surface area (Å²) < 4.78 is 22.5. The zero-order chi connectivity index (χ0) is 12.5. The minimum absolute atomic E-state index is 0.00376. The van der Waals surface area contributed by atoms with Crippen molar-refractivity contribution in [3.63, 3.8) is 0 Å². The normalized spacial score (nSPS) is 22.6. The van der Waals surface area contributed by atoms with E-state index in [4.69, 9.17) is 23.2 Å². The quantitative estimate of drug-likeness (QED) is 0.896. The first-order valence-electron chi connectivity index (χ1n) is 4.96. The second-order valence-corrected chi connectivity index (χ2v) is 6.80. The molecule has 17 heavy (non-hydrogen) atoms. The minimum Gasteiger partial charge on any atom is -0.367 e. The molecule has 1 aromatic heterocycles. The third-order valence-corrected chi connectivity index (χ3v) is 4.76. The van der Waals surface area contributed by atoms with E-state index in [1.165, 1.54) is 0 Å². The maximum absolute atomic E-state index is 11.3. The molecule has 0 bridgehead atoms. The van der Waals surface area contributed by atoms with Gasteiger partial charge in [0.25, 0.3) is 0 Å². The van der Waals surface area contributed by atoms with Crippen molar-refractivity contribution < 1.29 is 8.42 Å². The molecule has 0 radical (unpaired) electrons. The first-order chi connectivity index (χ1) is 7.96. The summed E-state index contributed by atoms with van der Waals surface area (Å²) in [4.78, 5) is 3.87. The molecule has 0 amide bonds. The smallest absolute Gasteiger partial charge is 0.245 e. The molecule has 1 unspecified atom stereocenters. The average Bonchev–Trinajstić information content (AvgIpc) is 2.60. The highest BCUT2D eigenvalue weighted by molar-refractivity contribution is 7.91. The fraction of sp³-hybridized carbons (Fsp3) is 0.625. The molecule has 6 nitrogen and oxygen atoms in total. The molecular formula is C8H10Cl2N4O2S. The number of hydrogen-bond acceptors (Lipinski definition) is 6. The molecule has 0 saturated carbocycles. The van der Waals surface area contributed by atoms with Crippen LogP contribution in [0.2, 0.25) is 10.4 Å². The van der Waals surface area contributed by atoms with Gasteiger partial charge in [0.05, 0.1) is 11.5 Å². The van der Waals surface area contributed by atoms with Crippen LogP contribution in [0.5, 0.6) is 0 Å². The summed E-state index contributed by atoms with van der Waals surface area (Å²) in [6.07, 6.45) is 0.652. The van der Waals surface area contributed by atoms with Crippen LogP contribution in [-0.2, 0) is 9.84 Å². The Morgan fingerprint density at radius 1 is 1.35 bits per heavy atom. The monoisotopic (exact) mass is 296 g/mol. The summed E-state index contributed by atoms with van der Waals surface area (Å²) in [5, 5.41) is 10.1. The second kappa shape index (κ2) is 4.91. The number of nitrogens with zero attached hydrogens (tertiary/aromatic N) is 3. The van der Waals surface area contributed by atoms with Crippen molar-refractivity contribution in [2.45, 2.75) is 6.42 Å². The van der Waals surface area contributed by atoms with Crippen LogP contribution in [-0.4, -0.2) is 41.6 Å². The number of sulfone groups is 1. The lowest BCUT2D eigenvalue weighted by molar-refractivity contribution is 0.595. The van der Waals surface area contributed by atoms with E-state index >= 15 is 0 Å². The Morgan fingerprint density at radius 2 is 2.12 bits per heavy atom. The van der Waals surface area contributed by atoms with Crippen LogP contribution in [0.4, 0.5) is 5.82 Å². The van der Waals surface area contributed by atoms with Crippen LogP contribution in [0.3, 0.4) is 0 Å². The van der Waals surface area contributed by atoms with E-state index in [9.17, 15) is 8.42 Å². The zero-order valence-electron chi connectivity index (χ0n) is 8.73. The largest absolute Gasteiger partial charge is 0.367 e. The predicted molar refractivity (Wildman–Crippen MR) is 65.1 cm³/mol. The lowest BCUT2D eigenvalue weighted by Crippen LogP contribution is -2.17. The van der Waals surface area contributed by atoms with Gasteiger partial charge in [-0.1, -0.05) is 11.6 Å². The molecule has 9 heteroatoms.